The minimum absolute atomic E-state index is 0.00242. The molecule has 0 unspecified atom stereocenters. The molecule has 0 bridgehead atoms. The molecule has 2 aromatic heterocycles. The Morgan fingerprint density at radius 2 is 2.04 bits per heavy atom. The van der Waals surface area contributed by atoms with Crippen LogP contribution in [0.4, 0.5) is 11.8 Å². The molecule has 1 saturated heterocycles. The highest BCUT2D eigenvalue weighted by molar-refractivity contribution is 5.78. The SMILES string of the molecule is Cc1cc(C)nc(Nc2cccc([C@H]3CCCN(C(=O)CN)C3)n2)n1. The van der Waals surface area contributed by atoms with Crippen molar-refractivity contribution in [1.29, 1.82) is 0 Å². The fourth-order valence-electron chi connectivity index (χ4n) is 3.22. The van der Waals surface area contributed by atoms with E-state index in [2.05, 4.69) is 15.3 Å². The van der Waals surface area contributed by atoms with Crippen molar-refractivity contribution in [1.82, 2.24) is 19.9 Å². The van der Waals surface area contributed by atoms with Crippen molar-refractivity contribution in [3.63, 3.8) is 0 Å². The van der Waals surface area contributed by atoms with Gasteiger partial charge in [0.2, 0.25) is 11.9 Å². The van der Waals surface area contributed by atoms with E-state index in [1.54, 1.807) is 0 Å². The van der Waals surface area contributed by atoms with Crippen molar-refractivity contribution in [3.8, 4) is 0 Å². The van der Waals surface area contributed by atoms with E-state index >= 15 is 0 Å². The second-order valence-electron chi connectivity index (χ2n) is 6.43. The molecule has 3 N–H and O–H groups in total. The van der Waals surface area contributed by atoms with Crippen LogP contribution in [0.1, 0.15) is 35.8 Å². The minimum atomic E-state index is 0.00242. The lowest BCUT2D eigenvalue weighted by Crippen LogP contribution is -2.42. The number of hydrogen-bond acceptors (Lipinski definition) is 6. The first-order valence-corrected chi connectivity index (χ1v) is 8.59. The fourth-order valence-corrected chi connectivity index (χ4v) is 3.22. The van der Waals surface area contributed by atoms with Crippen molar-refractivity contribution in [2.45, 2.75) is 32.6 Å². The first kappa shape index (κ1) is 17.3. The summed E-state index contributed by atoms with van der Waals surface area (Å²) in [6.45, 7) is 5.39. The second-order valence-corrected chi connectivity index (χ2v) is 6.43. The zero-order valence-electron chi connectivity index (χ0n) is 14.7. The van der Waals surface area contributed by atoms with Gasteiger partial charge in [0.25, 0.3) is 0 Å². The van der Waals surface area contributed by atoms with Gasteiger partial charge in [-0.15, -0.1) is 0 Å². The number of nitrogens with two attached hydrogens (primary N) is 1. The Morgan fingerprint density at radius 1 is 1.28 bits per heavy atom. The summed E-state index contributed by atoms with van der Waals surface area (Å²) in [6.07, 6.45) is 1.99. The van der Waals surface area contributed by atoms with E-state index in [9.17, 15) is 4.79 Å². The highest BCUT2D eigenvalue weighted by atomic mass is 16.2. The highest BCUT2D eigenvalue weighted by Crippen LogP contribution is 2.26. The van der Waals surface area contributed by atoms with Crippen LogP contribution in [-0.4, -0.2) is 45.4 Å². The molecule has 3 heterocycles. The van der Waals surface area contributed by atoms with Crippen LogP contribution in [0.15, 0.2) is 24.3 Å². The van der Waals surface area contributed by atoms with Crippen molar-refractivity contribution in [3.05, 3.63) is 41.3 Å². The molecule has 7 heteroatoms. The third-order valence-electron chi connectivity index (χ3n) is 4.36. The lowest BCUT2D eigenvalue weighted by molar-refractivity contribution is -0.130. The molecule has 1 aliphatic rings. The molecule has 1 amide bonds. The Kier molecular flexibility index (Phi) is 5.23. The van der Waals surface area contributed by atoms with E-state index in [1.807, 2.05) is 43.0 Å². The number of carbonyl (C=O) groups excluding carboxylic acids is 1. The molecular formula is C18H24N6O. The Bertz CT molecular complexity index is 743. The van der Waals surface area contributed by atoms with Gasteiger partial charge in [0.05, 0.1) is 6.54 Å². The minimum Gasteiger partial charge on any atom is -0.341 e. The summed E-state index contributed by atoms with van der Waals surface area (Å²) < 4.78 is 0. The number of aryl methyl sites for hydroxylation is 2. The van der Waals surface area contributed by atoms with E-state index in [-0.39, 0.29) is 18.4 Å². The number of aromatic nitrogens is 3. The molecule has 1 fully saturated rings. The van der Waals surface area contributed by atoms with Gasteiger partial charge in [0, 0.05) is 36.1 Å². The number of nitrogens with one attached hydrogen (secondary N) is 1. The maximum absolute atomic E-state index is 11.9. The number of nitrogens with zero attached hydrogens (tertiary/aromatic N) is 4. The predicted molar refractivity (Wildman–Crippen MR) is 96.6 cm³/mol. The van der Waals surface area contributed by atoms with Crippen molar-refractivity contribution in [2.24, 2.45) is 5.73 Å². The van der Waals surface area contributed by atoms with Gasteiger partial charge < -0.3 is 16.0 Å². The molecule has 0 aliphatic carbocycles. The zero-order valence-corrected chi connectivity index (χ0v) is 14.7. The van der Waals surface area contributed by atoms with Gasteiger partial charge in [-0.3, -0.25) is 4.79 Å². The summed E-state index contributed by atoms with van der Waals surface area (Å²) in [5, 5.41) is 3.18. The van der Waals surface area contributed by atoms with E-state index in [4.69, 9.17) is 10.7 Å². The molecule has 7 nitrogen and oxygen atoms in total. The Morgan fingerprint density at radius 3 is 2.76 bits per heavy atom. The number of carbonyl (C=O) groups is 1. The quantitative estimate of drug-likeness (QED) is 0.882. The summed E-state index contributed by atoms with van der Waals surface area (Å²) in [4.78, 5) is 27.2. The van der Waals surface area contributed by atoms with Crippen molar-refractivity contribution >= 4 is 17.7 Å². The maximum atomic E-state index is 11.9. The Hall–Kier alpha value is -2.54. The van der Waals surface area contributed by atoms with Crippen molar-refractivity contribution < 1.29 is 4.79 Å². The van der Waals surface area contributed by atoms with E-state index in [1.165, 1.54) is 0 Å². The molecule has 0 saturated carbocycles. The summed E-state index contributed by atoms with van der Waals surface area (Å²) in [6, 6.07) is 7.81. The molecule has 2 aromatic rings. The number of pyridine rings is 1. The number of rotatable bonds is 4. The van der Waals surface area contributed by atoms with Crippen LogP contribution >= 0.6 is 0 Å². The molecule has 25 heavy (non-hydrogen) atoms. The number of likely N-dealkylation sites (tertiary alicyclic amines) is 1. The third-order valence-corrected chi connectivity index (χ3v) is 4.36. The van der Waals surface area contributed by atoms with Gasteiger partial charge >= 0.3 is 0 Å². The summed E-state index contributed by atoms with van der Waals surface area (Å²) in [5.74, 6) is 1.49. The number of amides is 1. The summed E-state index contributed by atoms with van der Waals surface area (Å²) in [5.41, 5.74) is 8.29. The van der Waals surface area contributed by atoms with E-state index < -0.39 is 0 Å². The van der Waals surface area contributed by atoms with Gasteiger partial charge in [-0.25, -0.2) is 15.0 Å². The van der Waals surface area contributed by atoms with Gasteiger partial charge in [-0.2, -0.15) is 0 Å². The number of piperidine rings is 1. The van der Waals surface area contributed by atoms with E-state index in [0.29, 0.717) is 18.3 Å². The van der Waals surface area contributed by atoms with Crippen molar-refractivity contribution in [2.75, 3.05) is 25.0 Å². The van der Waals surface area contributed by atoms with E-state index in [0.717, 1.165) is 36.5 Å². The van der Waals surface area contributed by atoms with Crippen LogP contribution in [0.5, 0.6) is 0 Å². The van der Waals surface area contributed by atoms with Crippen LogP contribution < -0.4 is 11.1 Å². The Balaban J connectivity index is 1.76. The lowest BCUT2D eigenvalue weighted by atomic mass is 9.94. The molecular weight excluding hydrogens is 316 g/mol. The normalized spacial score (nSPS) is 17.4. The second kappa shape index (κ2) is 7.57. The van der Waals surface area contributed by atoms with Gasteiger partial charge in [-0.1, -0.05) is 6.07 Å². The highest BCUT2D eigenvalue weighted by Gasteiger charge is 2.25. The van der Waals surface area contributed by atoms with Gasteiger partial charge in [-0.05, 0) is 44.9 Å². The molecule has 0 aromatic carbocycles. The molecule has 0 radical (unpaired) electrons. The predicted octanol–water partition coefficient (Wildman–Crippen LogP) is 1.90. The topological polar surface area (TPSA) is 97.0 Å². The van der Waals surface area contributed by atoms with Crippen LogP contribution in [-0.2, 0) is 4.79 Å². The fraction of sp³-hybridized carbons (Fsp3) is 0.444. The average molecular weight is 340 g/mol. The molecule has 1 atom stereocenters. The first-order valence-electron chi connectivity index (χ1n) is 8.59. The average Bonchev–Trinajstić information content (AvgIpc) is 2.60. The molecule has 3 rings (SSSR count). The monoisotopic (exact) mass is 340 g/mol. The third kappa shape index (κ3) is 4.30. The van der Waals surface area contributed by atoms with Gasteiger partial charge in [0.1, 0.15) is 5.82 Å². The molecule has 0 spiro atoms. The molecule has 132 valence electrons. The zero-order chi connectivity index (χ0) is 17.8. The van der Waals surface area contributed by atoms with Crippen LogP contribution in [0, 0.1) is 13.8 Å². The van der Waals surface area contributed by atoms with Gasteiger partial charge in [0.15, 0.2) is 0 Å². The summed E-state index contributed by atoms with van der Waals surface area (Å²) >= 11 is 0. The molecule has 1 aliphatic heterocycles. The smallest absolute Gasteiger partial charge is 0.236 e. The number of anilines is 2. The van der Waals surface area contributed by atoms with Crippen LogP contribution in [0.3, 0.4) is 0 Å². The maximum Gasteiger partial charge on any atom is 0.236 e. The first-order chi connectivity index (χ1) is 12.0. The standard InChI is InChI=1S/C18H24N6O/c1-12-9-13(2)21-18(20-12)23-16-7-3-6-15(22-16)14-5-4-8-24(11-14)17(25)10-19/h3,6-7,9,14H,4-5,8,10-11,19H2,1-2H3,(H,20,21,22,23)/t14-/m0/s1. The number of hydrogen-bond donors (Lipinski definition) is 2. The van der Waals surface area contributed by atoms with Crippen LogP contribution in [0.25, 0.3) is 0 Å². The largest absolute Gasteiger partial charge is 0.341 e. The Labute approximate surface area is 147 Å². The summed E-state index contributed by atoms with van der Waals surface area (Å²) in [7, 11) is 0. The van der Waals surface area contributed by atoms with Crippen LogP contribution in [0.2, 0.25) is 0 Å². The lowest BCUT2D eigenvalue weighted by Gasteiger charge is -2.32.